The first kappa shape index (κ1) is 21.0. The zero-order chi connectivity index (χ0) is 23.4. The van der Waals surface area contributed by atoms with Crippen LogP contribution in [0.3, 0.4) is 0 Å². The van der Waals surface area contributed by atoms with Crippen LogP contribution in [0.5, 0.6) is 0 Å². The van der Waals surface area contributed by atoms with E-state index in [4.69, 9.17) is 4.42 Å². The predicted molar refractivity (Wildman–Crippen MR) is 110 cm³/mol. The second-order valence-corrected chi connectivity index (χ2v) is 7.38. The number of furan rings is 1. The fourth-order valence-corrected chi connectivity index (χ4v) is 3.80. The molecule has 2 aromatic heterocycles. The molecule has 0 aliphatic heterocycles. The molecular weight excluding hydrogens is 446 g/mol. The Morgan fingerprint density at radius 3 is 1.85 bits per heavy atom. The summed E-state index contributed by atoms with van der Waals surface area (Å²) in [6, 6.07) is 15.0. The van der Waals surface area contributed by atoms with Crippen molar-refractivity contribution >= 4 is 21.5 Å². The van der Waals surface area contributed by atoms with E-state index in [2.05, 4.69) is 10.2 Å². The summed E-state index contributed by atoms with van der Waals surface area (Å²) in [5.74, 6) is 0.328. The van der Waals surface area contributed by atoms with Crippen molar-refractivity contribution in [2.24, 2.45) is 0 Å². The van der Waals surface area contributed by atoms with E-state index < -0.39 is 29.0 Å². The van der Waals surface area contributed by atoms with Gasteiger partial charge in [-0.15, -0.1) is 10.2 Å². The largest absolute Gasteiger partial charge is 0.463 e. The average molecular weight is 458 g/mol. The van der Waals surface area contributed by atoms with Gasteiger partial charge in [-0.25, -0.2) is 0 Å². The molecule has 0 atom stereocenters. The number of fused-ring (bicyclic) bond motifs is 2. The van der Waals surface area contributed by atoms with Crippen LogP contribution in [-0.4, -0.2) is 10.2 Å². The molecule has 0 aliphatic rings. The van der Waals surface area contributed by atoms with Gasteiger partial charge in [0, 0.05) is 16.3 Å². The lowest BCUT2D eigenvalue weighted by atomic mass is 9.94. The van der Waals surface area contributed by atoms with Gasteiger partial charge in [0.1, 0.15) is 11.4 Å². The molecule has 0 N–H and O–H groups in total. The van der Waals surface area contributed by atoms with E-state index in [1.807, 2.05) is 6.07 Å². The molecule has 5 aromatic rings. The molecule has 0 unspecified atom stereocenters. The number of nitrogens with zero attached hydrogens (tertiary/aromatic N) is 2. The van der Waals surface area contributed by atoms with Crippen molar-refractivity contribution < 1.29 is 30.8 Å². The summed E-state index contributed by atoms with van der Waals surface area (Å²) in [6.07, 6.45) is -8.32. The topological polar surface area (TPSA) is 38.9 Å². The first-order chi connectivity index (χ1) is 15.6. The van der Waals surface area contributed by atoms with E-state index in [0.29, 0.717) is 34.7 Å². The lowest BCUT2D eigenvalue weighted by Gasteiger charge is -2.17. The highest BCUT2D eigenvalue weighted by molar-refractivity contribution is 6.08. The molecule has 0 saturated carbocycles. The van der Waals surface area contributed by atoms with Gasteiger partial charge in [0.15, 0.2) is 5.76 Å². The number of halogens is 6. The van der Waals surface area contributed by atoms with Gasteiger partial charge in [-0.2, -0.15) is 26.3 Å². The summed E-state index contributed by atoms with van der Waals surface area (Å²) in [6.45, 7) is 0. The number of hydrogen-bond acceptors (Lipinski definition) is 3. The third-order valence-electron chi connectivity index (χ3n) is 5.31. The Hall–Kier alpha value is -3.88. The second-order valence-electron chi connectivity index (χ2n) is 7.38. The highest BCUT2D eigenvalue weighted by atomic mass is 19.4. The minimum atomic E-state index is -4.90. The van der Waals surface area contributed by atoms with Gasteiger partial charge in [0.05, 0.1) is 17.4 Å². The van der Waals surface area contributed by atoms with Crippen molar-refractivity contribution in [3.8, 4) is 22.7 Å². The molecule has 9 heteroatoms. The van der Waals surface area contributed by atoms with Gasteiger partial charge >= 0.3 is 12.4 Å². The first-order valence-electron chi connectivity index (χ1n) is 9.65. The third-order valence-corrected chi connectivity index (χ3v) is 5.31. The molecule has 0 bridgehead atoms. The molecule has 0 radical (unpaired) electrons. The number of benzene rings is 3. The molecule has 0 amide bonds. The number of hydrogen-bond donors (Lipinski definition) is 0. The van der Waals surface area contributed by atoms with Crippen LogP contribution in [-0.2, 0) is 12.4 Å². The molecule has 3 aromatic carbocycles. The summed E-state index contributed by atoms with van der Waals surface area (Å²) in [7, 11) is 0. The van der Waals surface area contributed by atoms with E-state index in [-0.39, 0.29) is 16.8 Å². The summed E-state index contributed by atoms with van der Waals surface area (Å²) >= 11 is 0. The third kappa shape index (κ3) is 3.69. The molecule has 0 saturated heterocycles. The number of alkyl halides is 6. The van der Waals surface area contributed by atoms with Crippen molar-refractivity contribution in [2.45, 2.75) is 12.4 Å². The smallest absolute Gasteiger partial charge is 0.417 e. The van der Waals surface area contributed by atoms with Gasteiger partial charge in [0.25, 0.3) is 0 Å². The standard InChI is InChI=1S/C24H12F6N2O/c25-23(26,27)15-7-8-19(24(28,29)30)18(12-15)21-16-10-13-4-1-2-5-14(13)11-17(16)22(32-31-21)20-6-3-9-33-20/h1-12H. The Morgan fingerprint density at radius 2 is 1.27 bits per heavy atom. The molecule has 5 rings (SSSR count). The molecule has 33 heavy (non-hydrogen) atoms. The van der Waals surface area contributed by atoms with Crippen LogP contribution in [0.2, 0.25) is 0 Å². The molecule has 0 fully saturated rings. The molecule has 3 nitrogen and oxygen atoms in total. The van der Waals surface area contributed by atoms with Crippen LogP contribution in [0, 0.1) is 0 Å². The van der Waals surface area contributed by atoms with Gasteiger partial charge < -0.3 is 4.42 Å². The lowest BCUT2D eigenvalue weighted by molar-refractivity contribution is -0.141. The molecule has 166 valence electrons. The fourth-order valence-electron chi connectivity index (χ4n) is 3.80. The first-order valence-corrected chi connectivity index (χ1v) is 9.65. The van der Waals surface area contributed by atoms with Crippen LogP contribution >= 0.6 is 0 Å². The predicted octanol–water partition coefficient (Wildman–Crippen LogP) is 7.75. The molecule has 2 heterocycles. The van der Waals surface area contributed by atoms with Crippen molar-refractivity contribution in [1.82, 2.24) is 10.2 Å². The Balaban J connectivity index is 1.90. The van der Waals surface area contributed by atoms with E-state index in [1.54, 1.807) is 42.5 Å². The highest BCUT2D eigenvalue weighted by Crippen LogP contribution is 2.43. The van der Waals surface area contributed by atoms with E-state index in [1.165, 1.54) is 6.26 Å². The van der Waals surface area contributed by atoms with Crippen LogP contribution in [0.25, 0.3) is 44.3 Å². The van der Waals surface area contributed by atoms with Crippen LogP contribution in [0.4, 0.5) is 26.3 Å². The van der Waals surface area contributed by atoms with E-state index in [9.17, 15) is 26.3 Å². The van der Waals surface area contributed by atoms with Crippen molar-refractivity contribution in [1.29, 1.82) is 0 Å². The Bertz CT molecular complexity index is 1490. The Labute approximate surface area is 182 Å². The Morgan fingerprint density at radius 1 is 0.636 bits per heavy atom. The minimum Gasteiger partial charge on any atom is -0.463 e. The fraction of sp³-hybridized carbons (Fsp3) is 0.0833. The molecular formula is C24H12F6N2O. The second kappa shape index (κ2) is 7.33. The van der Waals surface area contributed by atoms with E-state index >= 15 is 0 Å². The van der Waals surface area contributed by atoms with E-state index in [0.717, 1.165) is 5.39 Å². The quantitative estimate of drug-likeness (QED) is 0.201. The maximum Gasteiger partial charge on any atom is 0.417 e. The van der Waals surface area contributed by atoms with Crippen LogP contribution < -0.4 is 0 Å². The van der Waals surface area contributed by atoms with Gasteiger partial charge in [-0.3, -0.25) is 0 Å². The normalized spacial score (nSPS) is 12.5. The maximum atomic E-state index is 13.8. The maximum absolute atomic E-state index is 13.8. The SMILES string of the molecule is FC(F)(F)c1ccc(C(F)(F)F)c(-c2nnc(-c3ccco3)c3cc4ccccc4cc23)c1. The van der Waals surface area contributed by atoms with Crippen molar-refractivity contribution in [3.05, 3.63) is 84.1 Å². The summed E-state index contributed by atoms with van der Waals surface area (Å²) < 4.78 is 86.8. The van der Waals surface area contributed by atoms with Crippen LogP contribution in [0.15, 0.2) is 77.4 Å². The number of aromatic nitrogens is 2. The zero-order valence-corrected chi connectivity index (χ0v) is 16.5. The minimum absolute atomic E-state index is 0.222. The van der Waals surface area contributed by atoms with Gasteiger partial charge in [-0.1, -0.05) is 24.3 Å². The highest BCUT2D eigenvalue weighted by Gasteiger charge is 2.38. The molecule has 0 aliphatic carbocycles. The zero-order valence-electron chi connectivity index (χ0n) is 16.5. The summed E-state index contributed by atoms with van der Waals surface area (Å²) in [5, 5.41) is 10.1. The van der Waals surface area contributed by atoms with Crippen molar-refractivity contribution in [2.75, 3.05) is 0 Å². The van der Waals surface area contributed by atoms with Gasteiger partial charge in [0.2, 0.25) is 0 Å². The van der Waals surface area contributed by atoms with Gasteiger partial charge in [-0.05, 0) is 53.2 Å². The summed E-state index contributed by atoms with van der Waals surface area (Å²) in [5.41, 5.74) is -3.17. The molecule has 0 spiro atoms. The van der Waals surface area contributed by atoms with Crippen molar-refractivity contribution in [3.63, 3.8) is 0 Å². The lowest BCUT2D eigenvalue weighted by Crippen LogP contribution is -2.12. The monoisotopic (exact) mass is 458 g/mol. The Kier molecular flexibility index (Phi) is 4.66. The number of rotatable bonds is 2. The summed E-state index contributed by atoms with van der Waals surface area (Å²) in [4.78, 5) is 0. The van der Waals surface area contributed by atoms with Crippen LogP contribution in [0.1, 0.15) is 11.1 Å². The average Bonchev–Trinajstić information content (AvgIpc) is 3.30.